The first kappa shape index (κ1) is 21.2. The quantitative estimate of drug-likeness (QED) is 0.691. The lowest BCUT2D eigenvalue weighted by Crippen LogP contribution is -2.26. The number of aromatic nitrogens is 1. The minimum absolute atomic E-state index is 0.00914. The maximum atomic E-state index is 12.3. The van der Waals surface area contributed by atoms with Crippen LogP contribution in [0, 0.1) is 22.7 Å². The number of nitrogens with one attached hydrogen (secondary N) is 1. The average Bonchev–Trinajstić information content (AvgIpc) is 2.70. The molecule has 0 aliphatic carbocycles. The number of hydrogen-bond acceptors (Lipinski definition) is 5. The number of benzene rings is 1. The Bertz CT molecular complexity index is 941. The van der Waals surface area contributed by atoms with Gasteiger partial charge in [-0.2, -0.15) is 10.5 Å². The van der Waals surface area contributed by atoms with Crippen LogP contribution < -0.4 is 11.3 Å². The molecule has 0 amide bonds. The van der Waals surface area contributed by atoms with E-state index in [0.29, 0.717) is 17.7 Å². The van der Waals surface area contributed by atoms with Gasteiger partial charge < -0.3 is 10.7 Å². The van der Waals surface area contributed by atoms with Gasteiger partial charge in [-0.15, -0.1) is 0 Å². The largest absolute Gasteiger partial charge is 0.384 e. The molecule has 2 rings (SSSR count). The Labute approximate surface area is 166 Å². The molecule has 0 spiro atoms. The van der Waals surface area contributed by atoms with Crippen LogP contribution in [0.3, 0.4) is 0 Å². The van der Waals surface area contributed by atoms with E-state index in [2.05, 4.69) is 29.8 Å². The van der Waals surface area contributed by atoms with Crippen LogP contribution in [0.25, 0.3) is 11.1 Å². The monoisotopic (exact) mass is 377 g/mol. The summed E-state index contributed by atoms with van der Waals surface area (Å²) >= 11 is 0. The summed E-state index contributed by atoms with van der Waals surface area (Å²) in [4.78, 5) is 17.1. The van der Waals surface area contributed by atoms with E-state index in [1.807, 2.05) is 30.3 Å². The zero-order chi connectivity index (χ0) is 20.5. The highest BCUT2D eigenvalue weighted by Crippen LogP contribution is 2.31. The van der Waals surface area contributed by atoms with Crippen molar-refractivity contribution < 1.29 is 0 Å². The Morgan fingerprint density at radius 2 is 1.64 bits per heavy atom. The van der Waals surface area contributed by atoms with Gasteiger partial charge in [-0.3, -0.25) is 9.69 Å². The molecular formula is C22H27N5O. The lowest BCUT2D eigenvalue weighted by Gasteiger charge is -2.24. The van der Waals surface area contributed by atoms with Crippen LogP contribution >= 0.6 is 0 Å². The molecule has 0 aliphatic rings. The van der Waals surface area contributed by atoms with Crippen molar-refractivity contribution in [2.24, 2.45) is 0 Å². The van der Waals surface area contributed by atoms with Crippen molar-refractivity contribution >= 4 is 5.82 Å². The van der Waals surface area contributed by atoms with Crippen LogP contribution in [0.15, 0.2) is 29.1 Å². The smallest absolute Gasteiger partial charge is 0.268 e. The number of H-pyrrole nitrogens is 1. The first-order chi connectivity index (χ1) is 13.6. The van der Waals surface area contributed by atoms with E-state index in [4.69, 9.17) is 5.73 Å². The molecule has 0 saturated carbocycles. The van der Waals surface area contributed by atoms with E-state index in [0.717, 1.165) is 44.3 Å². The number of anilines is 1. The van der Waals surface area contributed by atoms with Gasteiger partial charge in [0.2, 0.25) is 0 Å². The highest BCUT2D eigenvalue weighted by Gasteiger charge is 2.20. The van der Waals surface area contributed by atoms with E-state index in [1.54, 1.807) is 0 Å². The van der Waals surface area contributed by atoms with Gasteiger partial charge in [0.1, 0.15) is 29.1 Å². The van der Waals surface area contributed by atoms with Gasteiger partial charge in [0, 0.05) is 12.1 Å². The fourth-order valence-corrected chi connectivity index (χ4v) is 3.29. The van der Waals surface area contributed by atoms with Gasteiger partial charge in [-0.1, -0.05) is 51.0 Å². The molecule has 0 unspecified atom stereocenters. The third-order valence-corrected chi connectivity index (χ3v) is 4.80. The number of aromatic amines is 1. The Morgan fingerprint density at radius 1 is 1.04 bits per heavy atom. The number of hydrogen-bond donors (Lipinski definition) is 2. The predicted molar refractivity (Wildman–Crippen MR) is 111 cm³/mol. The third kappa shape index (κ3) is 4.79. The molecule has 1 aromatic heterocycles. The van der Waals surface area contributed by atoms with E-state index in [-0.39, 0.29) is 16.9 Å². The summed E-state index contributed by atoms with van der Waals surface area (Å²) in [6.07, 6.45) is 4.45. The molecule has 1 heterocycles. The third-order valence-electron chi connectivity index (χ3n) is 4.80. The molecule has 0 saturated heterocycles. The lowest BCUT2D eigenvalue weighted by molar-refractivity contribution is 0.257. The molecule has 2 aromatic rings. The number of pyridine rings is 1. The molecule has 146 valence electrons. The van der Waals surface area contributed by atoms with Gasteiger partial charge in [-0.25, -0.2) is 0 Å². The van der Waals surface area contributed by atoms with Gasteiger partial charge >= 0.3 is 0 Å². The van der Waals surface area contributed by atoms with Crippen molar-refractivity contribution in [3.63, 3.8) is 0 Å². The Morgan fingerprint density at radius 3 is 2.21 bits per heavy atom. The van der Waals surface area contributed by atoms with Crippen LogP contribution in [0.1, 0.15) is 56.2 Å². The number of unbranched alkanes of at least 4 members (excludes halogenated alkanes) is 2. The predicted octanol–water partition coefficient (Wildman–Crippen LogP) is 3.77. The van der Waals surface area contributed by atoms with Crippen LogP contribution in [0.5, 0.6) is 0 Å². The zero-order valence-corrected chi connectivity index (χ0v) is 16.6. The van der Waals surface area contributed by atoms with Crippen LogP contribution in [0.4, 0.5) is 5.82 Å². The maximum absolute atomic E-state index is 12.3. The number of nitriles is 2. The molecule has 0 fully saturated rings. The van der Waals surface area contributed by atoms with Gasteiger partial charge in [0.15, 0.2) is 0 Å². The highest BCUT2D eigenvalue weighted by molar-refractivity contribution is 5.81. The molecule has 0 atom stereocenters. The summed E-state index contributed by atoms with van der Waals surface area (Å²) < 4.78 is 0. The number of rotatable bonds is 9. The molecule has 0 radical (unpaired) electrons. The topological polar surface area (TPSA) is 110 Å². The molecule has 6 heteroatoms. The Hall–Kier alpha value is -3.09. The first-order valence-electron chi connectivity index (χ1n) is 9.73. The second-order valence-corrected chi connectivity index (χ2v) is 6.86. The Kier molecular flexibility index (Phi) is 7.80. The van der Waals surface area contributed by atoms with Gasteiger partial charge in [0.25, 0.3) is 5.56 Å². The minimum Gasteiger partial charge on any atom is -0.384 e. The first-order valence-corrected chi connectivity index (χ1v) is 9.73. The van der Waals surface area contributed by atoms with Crippen LogP contribution in [-0.2, 0) is 6.54 Å². The van der Waals surface area contributed by atoms with Crippen molar-refractivity contribution in [2.75, 3.05) is 18.8 Å². The van der Waals surface area contributed by atoms with Gasteiger partial charge in [-0.05, 0) is 37.1 Å². The van der Waals surface area contributed by atoms with E-state index in [1.165, 1.54) is 0 Å². The fourth-order valence-electron chi connectivity index (χ4n) is 3.29. The number of nitrogens with two attached hydrogens (primary N) is 1. The van der Waals surface area contributed by atoms with Crippen LogP contribution in [0.2, 0.25) is 0 Å². The van der Waals surface area contributed by atoms with E-state index < -0.39 is 5.56 Å². The fraction of sp³-hybridized carbons (Fsp3) is 0.409. The zero-order valence-electron chi connectivity index (χ0n) is 16.6. The van der Waals surface area contributed by atoms with Crippen molar-refractivity contribution in [3.8, 4) is 23.3 Å². The summed E-state index contributed by atoms with van der Waals surface area (Å²) in [5.41, 5.74) is 7.39. The molecular weight excluding hydrogens is 350 g/mol. The van der Waals surface area contributed by atoms with Crippen molar-refractivity contribution in [1.82, 2.24) is 9.88 Å². The SMILES string of the molecule is CCCCN(CCCC)Cc1ccccc1-c1c(C#N)c(N)[nH]c(=O)c1C#N. The summed E-state index contributed by atoms with van der Waals surface area (Å²) in [5.74, 6) is -0.00914. The van der Waals surface area contributed by atoms with E-state index >= 15 is 0 Å². The minimum atomic E-state index is -0.572. The summed E-state index contributed by atoms with van der Waals surface area (Å²) in [6, 6.07) is 11.6. The van der Waals surface area contributed by atoms with Gasteiger partial charge in [0.05, 0.1) is 0 Å². The Balaban J connectivity index is 2.57. The molecule has 28 heavy (non-hydrogen) atoms. The highest BCUT2D eigenvalue weighted by atomic mass is 16.1. The van der Waals surface area contributed by atoms with Crippen molar-refractivity contribution in [2.45, 2.75) is 46.1 Å². The second kappa shape index (κ2) is 10.3. The number of nitrogens with zero attached hydrogens (tertiary/aromatic N) is 3. The summed E-state index contributed by atoms with van der Waals surface area (Å²) in [7, 11) is 0. The standard InChI is InChI=1S/C22H27N5O/c1-3-5-11-27(12-6-4-2)15-16-9-7-8-10-17(16)20-18(13-23)21(25)26-22(28)19(20)14-24/h7-10H,3-6,11-12,15H2,1-2H3,(H3,25,26,28). The summed E-state index contributed by atoms with van der Waals surface area (Å²) in [5, 5.41) is 19.2. The van der Waals surface area contributed by atoms with E-state index in [9.17, 15) is 15.3 Å². The molecule has 0 aliphatic heterocycles. The van der Waals surface area contributed by atoms with Crippen LogP contribution in [-0.4, -0.2) is 23.0 Å². The number of nitrogen functional groups attached to an aromatic ring is 1. The lowest BCUT2D eigenvalue weighted by atomic mass is 9.92. The second-order valence-electron chi connectivity index (χ2n) is 6.86. The normalized spacial score (nSPS) is 10.6. The molecule has 6 nitrogen and oxygen atoms in total. The molecule has 3 N–H and O–H groups in total. The molecule has 1 aromatic carbocycles. The molecule has 0 bridgehead atoms. The van der Waals surface area contributed by atoms with Crippen molar-refractivity contribution in [1.29, 1.82) is 10.5 Å². The maximum Gasteiger partial charge on any atom is 0.268 e. The average molecular weight is 377 g/mol. The van der Waals surface area contributed by atoms with Crippen molar-refractivity contribution in [3.05, 3.63) is 51.3 Å². The summed E-state index contributed by atoms with van der Waals surface area (Å²) in [6.45, 7) is 7.00.